The SMILES string of the molecule is O=C(O)C[C@H](NC(=O)c1cc(CCc2ccc3c(n2)NCCC3)c[nH]1)c1cc(Cl)cc(Cl)c1. The van der Waals surface area contributed by atoms with Gasteiger partial charge in [0.05, 0.1) is 12.5 Å². The van der Waals surface area contributed by atoms with E-state index in [9.17, 15) is 14.7 Å². The molecule has 0 aliphatic carbocycles. The van der Waals surface area contributed by atoms with Crippen LogP contribution in [0.25, 0.3) is 0 Å². The average Bonchev–Trinajstić information content (AvgIpc) is 3.25. The maximum Gasteiger partial charge on any atom is 0.305 e. The normalized spacial score (nSPS) is 13.6. The number of nitrogens with zero attached hydrogens (tertiary/aromatic N) is 1. The molecule has 172 valence electrons. The Hall–Kier alpha value is -3.03. The summed E-state index contributed by atoms with van der Waals surface area (Å²) in [6, 6.07) is 9.93. The first-order chi connectivity index (χ1) is 15.9. The molecule has 9 heteroatoms. The van der Waals surface area contributed by atoms with Crippen LogP contribution in [-0.2, 0) is 24.1 Å². The first-order valence-corrected chi connectivity index (χ1v) is 11.5. The van der Waals surface area contributed by atoms with E-state index < -0.39 is 17.9 Å². The zero-order chi connectivity index (χ0) is 23.4. The largest absolute Gasteiger partial charge is 0.481 e. The second-order valence-electron chi connectivity index (χ2n) is 8.09. The number of aliphatic carboxylic acids is 1. The predicted molar refractivity (Wildman–Crippen MR) is 128 cm³/mol. The van der Waals surface area contributed by atoms with Gasteiger partial charge in [-0.3, -0.25) is 9.59 Å². The number of fused-ring (bicyclic) bond motifs is 1. The fraction of sp³-hybridized carbons (Fsp3) is 0.292. The highest BCUT2D eigenvalue weighted by Crippen LogP contribution is 2.26. The lowest BCUT2D eigenvalue weighted by molar-refractivity contribution is -0.137. The van der Waals surface area contributed by atoms with Crippen LogP contribution in [0.3, 0.4) is 0 Å². The summed E-state index contributed by atoms with van der Waals surface area (Å²) >= 11 is 12.1. The van der Waals surface area contributed by atoms with Gasteiger partial charge in [0.2, 0.25) is 0 Å². The number of carbonyl (C=O) groups excluding carboxylic acids is 1. The first kappa shape index (κ1) is 23.1. The van der Waals surface area contributed by atoms with Crippen molar-refractivity contribution in [3.05, 3.63) is 80.7 Å². The Morgan fingerprint density at radius 3 is 2.67 bits per heavy atom. The number of hydrogen-bond acceptors (Lipinski definition) is 4. The van der Waals surface area contributed by atoms with Crippen LogP contribution in [0.5, 0.6) is 0 Å². The lowest BCUT2D eigenvalue weighted by Crippen LogP contribution is -2.30. The number of anilines is 1. The number of aryl methyl sites for hydroxylation is 3. The molecule has 0 unspecified atom stereocenters. The Kier molecular flexibility index (Phi) is 7.20. The minimum absolute atomic E-state index is 0.298. The molecule has 33 heavy (non-hydrogen) atoms. The predicted octanol–water partition coefficient (Wildman–Crippen LogP) is 4.81. The first-order valence-electron chi connectivity index (χ1n) is 10.8. The second kappa shape index (κ2) is 10.3. The number of H-pyrrole nitrogens is 1. The molecule has 4 rings (SSSR count). The molecular weight excluding hydrogens is 463 g/mol. The highest BCUT2D eigenvalue weighted by Gasteiger charge is 2.21. The van der Waals surface area contributed by atoms with Gasteiger partial charge in [-0.15, -0.1) is 0 Å². The molecule has 0 saturated heterocycles. The van der Waals surface area contributed by atoms with Gasteiger partial charge in [-0.2, -0.15) is 0 Å². The van der Waals surface area contributed by atoms with E-state index in [1.54, 1.807) is 30.5 Å². The van der Waals surface area contributed by atoms with Gasteiger partial charge in [0.25, 0.3) is 5.91 Å². The topological polar surface area (TPSA) is 107 Å². The molecule has 0 fully saturated rings. The van der Waals surface area contributed by atoms with Crippen LogP contribution in [0.4, 0.5) is 5.82 Å². The van der Waals surface area contributed by atoms with E-state index in [1.165, 1.54) is 5.56 Å². The summed E-state index contributed by atoms with van der Waals surface area (Å²) in [7, 11) is 0. The molecule has 0 saturated carbocycles. The van der Waals surface area contributed by atoms with Crippen LogP contribution in [0.2, 0.25) is 10.0 Å². The molecule has 1 amide bonds. The Morgan fingerprint density at radius 1 is 1.12 bits per heavy atom. The van der Waals surface area contributed by atoms with Gasteiger partial charge in [-0.05, 0) is 72.7 Å². The molecular formula is C24H24Cl2N4O3. The number of nitrogens with one attached hydrogen (secondary N) is 3. The van der Waals surface area contributed by atoms with Crippen molar-refractivity contribution in [2.45, 2.75) is 38.1 Å². The molecule has 0 bridgehead atoms. The molecule has 3 heterocycles. The third kappa shape index (κ3) is 6.06. The molecule has 0 spiro atoms. The van der Waals surface area contributed by atoms with Crippen molar-refractivity contribution in [2.24, 2.45) is 0 Å². The van der Waals surface area contributed by atoms with Gasteiger partial charge in [-0.1, -0.05) is 29.3 Å². The van der Waals surface area contributed by atoms with E-state index in [0.29, 0.717) is 21.3 Å². The Balaban J connectivity index is 1.41. The zero-order valence-electron chi connectivity index (χ0n) is 17.8. The summed E-state index contributed by atoms with van der Waals surface area (Å²) in [6.07, 6.45) is 5.13. The van der Waals surface area contributed by atoms with E-state index in [1.807, 2.05) is 0 Å². The number of aromatic amines is 1. The van der Waals surface area contributed by atoms with Crippen LogP contribution >= 0.6 is 23.2 Å². The fourth-order valence-electron chi connectivity index (χ4n) is 3.93. The lowest BCUT2D eigenvalue weighted by Gasteiger charge is -2.18. The summed E-state index contributed by atoms with van der Waals surface area (Å²) in [4.78, 5) is 31.8. The second-order valence-corrected chi connectivity index (χ2v) is 8.96. The number of hydrogen-bond donors (Lipinski definition) is 4. The highest BCUT2D eigenvalue weighted by molar-refractivity contribution is 6.34. The van der Waals surface area contributed by atoms with E-state index in [2.05, 4.69) is 27.8 Å². The Bertz CT molecular complexity index is 1160. The quantitative estimate of drug-likeness (QED) is 0.365. The van der Waals surface area contributed by atoms with Crippen molar-refractivity contribution in [2.75, 3.05) is 11.9 Å². The van der Waals surface area contributed by atoms with Gasteiger partial charge >= 0.3 is 5.97 Å². The Labute approximate surface area is 201 Å². The number of carboxylic acid groups (broad SMARTS) is 1. The van der Waals surface area contributed by atoms with Crippen molar-refractivity contribution in [1.82, 2.24) is 15.3 Å². The monoisotopic (exact) mass is 486 g/mol. The van der Waals surface area contributed by atoms with Crippen LogP contribution < -0.4 is 10.6 Å². The van der Waals surface area contributed by atoms with Crippen molar-refractivity contribution >= 4 is 40.9 Å². The summed E-state index contributed by atoms with van der Waals surface area (Å²) in [5.41, 5.74) is 4.10. The standard InChI is InChI=1S/C24H24Cl2N4O3/c25-17-9-16(10-18(26)11-17)20(12-22(31)32)30-24(33)21-8-14(13-28-21)3-5-19-6-4-15-2-1-7-27-23(15)29-19/h4,6,8-11,13,20,28H,1-3,5,7,12H2,(H,27,29)(H,30,33)(H,31,32)/t20-/m0/s1. The number of carbonyl (C=O) groups is 2. The number of benzene rings is 1. The van der Waals surface area contributed by atoms with E-state index >= 15 is 0 Å². The number of aromatic nitrogens is 2. The average molecular weight is 487 g/mol. The van der Waals surface area contributed by atoms with Crippen molar-refractivity contribution in [3.63, 3.8) is 0 Å². The summed E-state index contributed by atoms with van der Waals surface area (Å²) in [5, 5.41) is 16.1. The highest BCUT2D eigenvalue weighted by atomic mass is 35.5. The van der Waals surface area contributed by atoms with Gasteiger partial charge < -0.3 is 20.7 Å². The van der Waals surface area contributed by atoms with Crippen molar-refractivity contribution in [1.29, 1.82) is 0 Å². The third-order valence-corrected chi connectivity index (χ3v) is 6.02. The molecule has 3 aromatic rings. The van der Waals surface area contributed by atoms with Gasteiger partial charge in [0, 0.05) is 28.5 Å². The summed E-state index contributed by atoms with van der Waals surface area (Å²) in [6.45, 7) is 0.948. The third-order valence-electron chi connectivity index (χ3n) is 5.58. The Morgan fingerprint density at radius 2 is 1.91 bits per heavy atom. The zero-order valence-corrected chi connectivity index (χ0v) is 19.3. The van der Waals surface area contributed by atoms with Crippen LogP contribution in [0.15, 0.2) is 42.6 Å². The van der Waals surface area contributed by atoms with Gasteiger partial charge in [0.1, 0.15) is 11.5 Å². The lowest BCUT2D eigenvalue weighted by atomic mass is 10.0. The van der Waals surface area contributed by atoms with Crippen LogP contribution in [0.1, 0.15) is 51.8 Å². The molecule has 1 atom stereocenters. The molecule has 4 N–H and O–H groups in total. The molecule has 1 aromatic carbocycles. The van der Waals surface area contributed by atoms with E-state index in [-0.39, 0.29) is 6.42 Å². The molecule has 1 aliphatic heterocycles. The van der Waals surface area contributed by atoms with E-state index in [4.69, 9.17) is 28.2 Å². The molecule has 7 nitrogen and oxygen atoms in total. The smallest absolute Gasteiger partial charge is 0.305 e. The van der Waals surface area contributed by atoms with Crippen LogP contribution in [0, 0.1) is 0 Å². The maximum atomic E-state index is 12.8. The number of rotatable bonds is 8. The van der Waals surface area contributed by atoms with Gasteiger partial charge in [-0.25, -0.2) is 4.98 Å². The van der Waals surface area contributed by atoms with Crippen molar-refractivity contribution in [3.8, 4) is 0 Å². The van der Waals surface area contributed by atoms with Gasteiger partial charge in [0.15, 0.2) is 0 Å². The fourth-order valence-corrected chi connectivity index (χ4v) is 4.48. The van der Waals surface area contributed by atoms with Crippen LogP contribution in [-0.4, -0.2) is 33.5 Å². The molecule has 2 aromatic heterocycles. The number of carboxylic acids is 1. The summed E-state index contributed by atoms with van der Waals surface area (Å²) in [5.74, 6) is -0.478. The number of pyridine rings is 1. The maximum absolute atomic E-state index is 12.8. The molecule has 1 aliphatic rings. The molecule has 0 radical (unpaired) electrons. The minimum Gasteiger partial charge on any atom is -0.481 e. The van der Waals surface area contributed by atoms with E-state index in [0.717, 1.165) is 49.3 Å². The number of amides is 1. The van der Waals surface area contributed by atoms with Crippen molar-refractivity contribution < 1.29 is 14.7 Å². The number of halogens is 2. The summed E-state index contributed by atoms with van der Waals surface area (Å²) < 4.78 is 0. The minimum atomic E-state index is -1.05.